The van der Waals surface area contributed by atoms with Gasteiger partial charge in [0.15, 0.2) is 7.05 Å². The molecule has 4 heterocycles. The summed E-state index contributed by atoms with van der Waals surface area (Å²) in [4.78, 5) is 39.4. The van der Waals surface area contributed by atoms with E-state index >= 15 is 0 Å². The molecule has 0 saturated carbocycles. The first-order valence-electron chi connectivity index (χ1n) is 15.0. The van der Waals surface area contributed by atoms with Crippen LogP contribution in [-0.2, 0) is 16.6 Å². The summed E-state index contributed by atoms with van der Waals surface area (Å²) in [5.74, 6) is -0.0880. The van der Waals surface area contributed by atoms with E-state index in [0.717, 1.165) is 42.7 Å². The topological polar surface area (TPSA) is 117 Å². The van der Waals surface area contributed by atoms with Crippen molar-refractivity contribution in [3.8, 4) is 17.0 Å². The number of likely N-dealkylation sites (N-methyl/N-ethyl adjacent to an activating group) is 2. The SMILES string of the molecule is C=CC(=O)Nc1cc(Nc2ncc(C(=O)OC(C)C)c(-c3c[n+](C)n4ccccc34)n2)c(OC)cc1N(C)CC1CCCN1C. The Morgan fingerprint density at radius 3 is 2.76 bits per heavy atom. The lowest BCUT2D eigenvalue weighted by atomic mass is 10.1. The maximum absolute atomic E-state index is 13.2. The first-order chi connectivity index (χ1) is 21.6. The van der Waals surface area contributed by atoms with E-state index in [0.29, 0.717) is 28.9 Å². The van der Waals surface area contributed by atoms with Gasteiger partial charge in [-0.3, -0.25) is 4.79 Å². The number of aryl methyl sites for hydroxylation is 1. The highest BCUT2D eigenvalue weighted by Crippen LogP contribution is 2.39. The Balaban J connectivity index is 1.57. The number of pyridine rings is 1. The van der Waals surface area contributed by atoms with Gasteiger partial charge in [-0.05, 0) is 64.6 Å². The highest BCUT2D eigenvalue weighted by Gasteiger charge is 2.26. The van der Waals surface area contributed by atoms with Gasteiger partial charge < -0.3 is 29.9 Å². The first kappa shape index (κ1) is 31.5. The molecule has 0 bridgehead atoms. The lowest BCUT2D eigenvalue weighted by Gasteiger charge is -2.29. The average molecular weight is 614 g/mol. The van der Waals surface area contributed by atoms with Crippen molar-refractivity contribution >= 4 is 40.4 Å². The number of rotatable bonds is 11. The summed E-state index contributed by atoms with van der Waals surface area (Å²) in [7, 11) is 7.64. The molecule has 236 valence electrons. The lowest BCUT2D eigenvalue weighted by molar-refractivity contribution is -0.737. The molecule has 45 heavy (non-hydrogen) atoms. The van der Waals surface area contributed by atoms with Crippen LogP contribution in [0, 0.1) is 0 Å². The fourth-order valence-corrected chi connectivity index (χ4v) is 5.68. The molecule has 12 nitrogen and oxygen atoms in total. The molecule has 1 amide bonds. The van der Waals surface area contributed by atoms with Crippen LogP contribution in [0.3, 0.4) is 0 Å². The van der Waals surface area contributed by atoms with Crippen LogP contribution in [0.5, 0.6) is 5.75 Å². The van der Waals surface area contributed by atoms with Crippen LogP contribution < -0.4 is 25.0 Å². The molecule has 0 radical (unpaired) electrons. The molecule has 1 unspecified atom stereocenters. The quantitative estimate of drug-likeness (QED) is 0.146. The van der Waals surface area contributed by atoms with Gasteiger partial charge in [-0.15, -0.1) is 9.20 Å². The number of ether oxygens (including phenoxy) is 2. The van der Waals surface area contributed by atoms with E-state index in [-0.39, 0.29) is 23.5 Å². The van der Waals surface area contributed by atoms with Crippen molar-refractivity contribution in [2.75, 3.05) is 49.8 Å². The van der Waals surface area contributed by atoms with Crippen molar-refractivity contribution in [3.05, 3.63) is 67.1 Å². The second-order valence-corrected chi connectivity index (χ2v) is 11.5. The van der Waals surface area contributed by atoms with Gasteiger partial charge in [-0.2, -0.15) is 0 Å². The molecular weight excluding hydrogens is 572 g/mol. The van der Waals surface area contributed by atoms with Crippen molar-refractivity contribution in [1.82, 2.24) is 19.4 Å². The Labute approximate surface area is 263 Å². The summed E-state index contributed by atoms with van der Waals surface area (Å²) in [6.07, 6.45) is 8.50. The molecule has 0 aliphatic carbocycles. The number of carbonyl (C=O) groups excluding carboxylic acids is 2. The maximum Gasteiger partial charge on any atom is 0.342 e. The number of fused-ring (bicyclic) bond motifs is 1. The molecule has 12 heteroatoms. The zero-order valence-corrected chi connectivity index (χ0v) is 26.7. The minimum atomic E-state index is -0.517. The zero-order valence-electron chi connectivity index (χ0n) is 26.7. The van der Waals surface area contributed by atoms with Crippen molar-refractivity contribution in [1.29, 1.82) is 0 Å². The molecule has 1 saturated heterocycles. The summed E-state index contributed by atoms with van der Waals surface area (Å²) < 4.78 is 15.2. The zero-order chi connectivity index (χ0) is 32.2. The smallest absolute Gasteiger partial charge is 0.342 e. The van der Waals surface area contributed by atoms with E-state index in [9.17, 15) is 9.59 Å². The summed E-state index contributed by atoms with van der Waals surface area (Å²) in [6, 6.07) is 9.90. The van der Waals surface area contributed by atoms with E-state index in [1.54, 1.807) is 27.0 Å². The molecule has 1 aliphatic rings. The molecule has 1 fully saturated rings. The molecule has 1 aliphatic heterocycles. The number of aromatic nitrogens is 4. The van der Waals surface area contributed by atoms with Gasteiger partial charge in [0.2, 0.25) is 18.1 Å². The number of amides is 1. The van der Waals surface area contributed by atoms with Crippen LogP contribution in [0.1, 0.15) is 37.0 Å². The maximum atomic E-state index is 13.2. The number of anilines is 4. The Morgan fingerprint density at radius 2 is 2.07 bits per heavy atom. The number of likely N-dealkylation sites (tertiary alicyclic amines) is 1. The van der Waals surface area contributed by atoms with Crippen molar-refractivity contribution in [2.24, 2.45) is 7.05 Å². The monoisotopic (exact) mass is 613 g/mol. The highest BCUT2D eigenvalue weighted by atomic mass is 16.5. The predicted octanol–water partition coefficient (Wildman–Crippen LogP) is 4.19. The molecule has 1 atom stereocenters. The number of hydrogen-bond donors (Lipinski definition) is 2. The van der Waals surface area contributed by atoms with Crippen LogP contribution in [0.15, 0.2) is 61.6 Å². The molecule has 4 aromatic rings. The van der Waals surface area contributed by atoms with Gasteiger partial charge in [-0.25, -0.2) is 14.8 Å². The average Bonchev–Trinajstić information content (AvgIpc) is 3.58. The van der Waals surface area contributed by atoms with Crippen molar-refractivity contribution in [3.63, 3.8) is 0 Å². The third-order valence-corrected chi connectivity index (χ3v) is 7.95. The van der Waals surface area contributed by atoms with Crippen molar-refractivity contribution in [2.45, 2.75) is 38.8 Å². The fraction of sp³-hybridized carbons (Fsp3) is 0.364. The minimum absolute atomic E-state index is 0.233. The Kier molecular flexibility index (Phi) is 9.33. The number of nitrogens with zero attached hydrogens (tertiary/aromatic N) is 6. The van der Waals surface area contributed by atoms with Crippen LogP contribution in [0.2, 0.25) is 0 Å². The minimum Gasteiger partial charge on any atom is -0.494 e. The molecule has 1 aromatic carbocycles. The Hall–Kier alpha value is -4.97. The van der Waals surface area contributed by atoms with E-state index in [4.69, 9.17) is 14.5 Å². The third kappa shape index (κ3) is 6.75. The number of hydrogen-bond acceptors (Lipinski definition) is 9. The summed E-state index contributed by atoms with van der Waals surface area (Å²) in [6.45, 7) is 9.06. The van der Waals surface area contributed by atoms with E-state index < -0.39 is 5.97 Å². The fourth-order valence-electron chi connectivity index (χ4n) is 5.68. The molecule has 5 rings (SSSR count). The number of benzene rings is 1. The molecule has 0 spiro atoms. The second-order valence-electron chi connectivity index (χ2n) is 11.5. The van der Waals surface area contributed by atoms with Gasteiger partial charge >= 0.3 is 5.97 Å². The third-order valence-electron chi connectivity index (χ3n) is 7.95. The summed E-state index contributed by atoms with van der Waals surface area (Å²) in [5, 5.41) is 6.20. The first-order valence-corrected chi connectivity index (χ1v) is 15.0. The van der Waals surface area contributed by atoms with Crippen molar-refractivity contribution < 1.29 is 23.7 Å². The van der Waals surface area contributed by atoms with Crippen LogP contribution in [-0.4, -0.2) is 77.7 Å². The van der Waals surface area contributed by atoms with E-state index in [1.807, 2.05) is 60.0 Å². The summed E-state index contributed by atoms with van der Waals surface area (Å²) in [5.41, 5.74) is 4.16. The number of carbonyl (C=O) groups is 2. The van der Waals surface area contributed by atoms with Gasteiger partial charge in [-0.1, -0.05) is 12.6 Å². The van der Waals surface area contributed by atoms with Gasteiger partial charge in [0.1, 0.15) is 16.8 Å². The molecular formula is C33H41N8O4+. The second kappa shape index (κ2) is 13.3. The predicted molar refractivity (Wildman–Crippen MR) is 174 cm³/mol. The highest BCUT2D eigenvalue weighted by molar-refractivity contribution is 6.02. The molecule has 3 aromatic heterocycles. The summed E-state index contributed by atoms with van der Waals surface area (Å²) >= 11 is 0. The largest absolute Gasteiger partial charge is 0.494 e. The van der Waals surface area contributed by atoms with E-state index in [2.05, 4.69) is 39.0 Å². The number of methoxy groups -OCH3 is 1. The lowest BCUT2D eigenvalue weighted by Crippen LogP contribution is -2.37. The Bertz CT molecular complexity index is 1730. The Morgan fingerprint density at radius 1 is 1.27 bits per heavy atom. The number of nitrogens with one attached hydrogen (secondary N) is 2. The molecule has 2 N–H and O–H groups in total. The van der Waals surface area contributed by atoms with Gasteiger partial charge in [0, 0.05) is 31.9 Å². The van der Waals surface area contributed by atoms with E-state index in [1.165, 1.54) is 12.3 Å². The van der Waals surface area contributed by atoms with Crippen LogP contribution in [0.25, 0.3) is 16.8 Å². The number of esters is 1. The van der Waals surface area contributed by atoms with Gasteiger partial charge in [0.25, 0.3) is 0 Å². The van der Waals surface area contributed by atoms with Crippen LogP contribution in [0.4, 0.5) is 23.0 Å². The van der Waals surface area contributed by atoms with Gasteiger partial charge in [0.05, 0.1) is 47.7 Å². The normalized spacial score (nSPS) is 14.9. The standard InChI is InChI=1S/C33H40N8O4/c1-8-30(42)35-25-16-26(29(44-7)17-28(25)39(5)19-22-12-11-14-38(22)4)36-33-34-18-23(32(43)45-21(2)3)31(37-33)24-20-40(6)41-15-10-9-13-27(24)41/h8-10,13,15-18,20-22H,1,11-12,14,19H2,2-7H3,(H-,34,35,36,37,42,43)/p+1. The van der Waals surface area contributed by atoms with Crippen LogP contribution >= 0.6 is 0 Å².